The van der Waals surface area contributed by atoms with Crippen molar-refractivity contribution in [2.24, 2.45) is 0 Å². The van der Waals surface area contributed by atoms with Crippen LogP contribution in [0.15, 0.2) is 134 Å². The minimum atomic E-state index is -1.56. The molecular weight excluding hydrogens is 923 g/mol. The zero-order valence-corrected chi connectivity index (χ0v) is 46.5. The molecule has 1 saturated heterocycles. The van der Waals surface area contributed by atoms with Gasteiger partial charge in [0.15, 0.2) is 6.29 Å². The molecule has 0 aromatic heterocycles. The molecule has 0 aliphatic carbocycles. The lowest BCUT2D eigenvalue weighted by Gasteiger charge is -2.40. The number of allylic oxidation sites excluding steroid dienone is 22. The summed E-state index contributed by atoms with van der Waals surface area (Å²) in [5, 5.41) is 54.5. The van der Waals surface area contributed by atoms with Crippen LogP contribution in [-0.4, -0.2) is 87.5 Å². The maximum Gasteiger partial charge on any atom is 0.220 e. The van der Waals surface area contributed by atoms with Crippen LogP contribution in [0.25, 0.3) is 0 Å². The Balaban J connectivity index is 2.17. The average molecular weight is 1030 g/mol. The third-order valence-corrected chi connectivity index (χ3v) is 13.0. The van der Waals surface area contributed by atoms with Crippen LogP contribution in [0.3, 0.4) is 0 Å². The highest BCUT2D eigenvalue weighted by Gasteiger charge is 2.44. The smallest absolute Gasteiger partial charge is 0.220 e. The van der Waals surface area contributed by atoms with E-state index >= 15 is 0 Å². The van der Waals surface area contributed by atoms with Crippen molar-refractivity contribution in [1.29, 1.82) is 0 Å². The standard InChI is InChI=1S/C65H107NO8/c1-3-5-7-9-11-13-15-17-18-19-20-21-22-23-24-25-26-27-28-29-30-31-32-33-34-35-36-37-38-39-40-41-42-43-45-47-49-51-53-55-61(69)66-58(57-73-65-64(72)63(71)62(70)60(56-67)74-65)59(68)54-52-50-48-46-44-16-14-12-10-8-6-4-2/h5,7,11,13,17-18,20-21,23-24,26-27,29-30,32-33,35-36,38-39,41-42,58-60,62-65,67-68,70-72H,3-4,6,8-10,12,14-16,19,22,25,28,31,34,37,40,43-57H2,1-2H3,(H,66,69)/b7-5-,13-11-,18-17-,21-20-,24-23-,27-26-,30-29-,33-32-,36-35-,39-38-,42-41-. The Morgan fingerprint density at radius 1 is 0.473 bits per heavy atom. The van der Waals surface area contributed by atoms with E-state index in [1.165, 1.54) is 57.8 Å². The minimum absolute atomic E-state index is 0.154. The maximum absolute atomic E-state index is 13.0. The molecule has 0 bridgehead atoms. The maximum atomic E-state index is 13.0. The van der Waals surface area contributed by atoms with E-state index in [0.717, 1.165) is 128 Å². The van der Waals surface area contributed by atoms with E-state index in [0.29, 0.717) is 12.8 Å². The second kappa shape index (κ2) is 52.8. The molecule has 9 heteroatoms. The van der Waals surface area contributed by atoms with E-state index in [-0.39, 0.29) is 12.5 Å². The normalized spacial score (nSPS) is 20.0. The van der Waals surface area contributed by atoms with Crippen LogP contribution < -0.4 is 5.32 Å². The second-order valence-electron chi connectivity index (χ2n) is 19.7. The Hall–Kier alpha value is -3.67. The number of aliphatic hydroxyl groups is 5. The summed E-state index contributed by atoms with van der Waals surface area (Å²) in [5.41, 5.74) is 0. The van der Waals surface area contributed by atoms with Crippen LogP contribution in [0.2, 0.25) is 0 Å². The highest BCUT2D eigenvalue weighted by molar-refractivity contribution is 5.76. The van der Waals surface area contributed by atoms with Crippen molar-refractivity contribution in [3.8, 4) is 0 Å². The monoisotopic (exact) mass is 1030 g/mol. The first-order valence-electron chi connectivity index (χ1n) is 29.4. The van der Waals surface area contributed by atoms with Gasteiger partial charge < -0.3 is 40.3 Å². The summed E-state index contributed by atoms with van der Waals surface area (Å²) in [6.45, 7) is 3.69. The summed E-state index contributed by atoms with van der Waals surface area (Å²) in [4.78, 5) is 13.0. The highest BCUT2D eigenvalue weighted by Crippen LogP contribution is 2.23. The molecule has 1 aliphatic rings. The quantitative estimate of drug-likeness (QED) is 0.0261. The number of hydrogen-bond donors (Lipinski definition) is 6. The van der Waals surface area contributed by atoms with Crippen LogP contribution in [0, 0.1) is 0 Å². The molecule has 0 spiro atoms. The molecule has 0 radical (unpaired) electrons. The van der Waals surface area contributed by atoms with Crippen LogP contribution in [0.5, 0.6) is 0 Å². The molecule has 1 rings (SSSR count). The Kier molecular flexibility index (Phi) is 48.7. The largest absolute Gasteiger partial charge is 0.394 e. The van der Waals surface area contributed by atoms with Crippen molar-refractivity contribution in [2.45, 2.75) is 256 Å². The number of unbranched alkanes of at least 4 members (excludes halogenated alkanes) is 16. The fraction of sp³-hybridized carbons (Fsp3) is 0.646. The number of carbonyl (C=O) groups is 1. The van der Waals surface area contributed by atoms with E-state index < -0.39 is 49.5 Å². The predicted octanol–water partition coefficient (Wildman–Crippen LogP) is 14.9. The van der Waals surface area contributed by atoms with Crippen molar-refractivity contribution in [3.63, 3.8) is 0 Å². The van der Waals surface area contributed by atoms with Crippen molar-refractivity contribution < 1.29 is 39.8 Å². The second-order valence-corrected chi connectivity index (χ2v) is 19.7. The summed E-state index contributed by atoms with van der Waals surface area (Å²) >= 11 is 0. The predicted molar refractivity (Wildman–Crippen MR) is 313 cm³/mol. The molecular formula is C65H107NO8. The third kappa shape index (κ3) is 41.6. The zero-order chi connectivity index (χ0) is 53.6. The molecule has 6 N–H and O–H groups in total. The van der Waals surface area contributed by atoms with Gasteiger partial charge in [0, 0.05) is 6.42 Å². The molecule has 0 aromatic carbocycles. The molecule has 1 amide bonds. The number of hydrogen-bond acceptors (Lipinski definition) is 8. The van der Waals surface area contributed by atoms with Crippen molar-refractivity contribution in [2.75, 3.05) is 13.2 Å². The van der Waals surface area contributed by atoms with Gasteiger partial charge in [0.25, 0.3) is 0 Å². The number of ether oxygens (including phenoxy) is 2. The van der Waals surface area contributed by atoms with Gasteiger partial charge in [-0.3, -0.25) is 4.79 Å². The lowest BCUT2D eigenvalue weighted by Crippen LogP contribution is -2.60. The van der Waals surface area contributed by atoms with Crippen LogP contribution in [0.1, 0.15) is 213 Å². The van der Waals surface area contributed by atoms with Crippen molar-refractivity contribution >= 4 is 5.91 Å². The van der Waals surface area contributed by atoms with Crippen LogP contribution >= 0.6 is 0 Å². The summed E-state index contributed by atoms with van der Waals surface area (Å²) in [7, 11) is 0. The molecule has 7 atom stereocenters. The Labute approximate surface area is 451 Å². The van der Waals surface area contributed by atoms with Crippen molar-refractivity contribution in [1.82, 2.24) is 5.32 Å². The van der Waals surface area contributed by atoms with Crippen LogP contribution in [-0.2, 0) is 14.3 Å². The SMILES string of the molecule is CC/C=C\C/C=C\C/C=C\C/C=C\C/C=C\C/C=C\C/C=C\C/C=C\C/C=C\C/C=C\C/C=C\CCCCCCCC(=O)NC(COC1OC(CO)C(O)C(O)C1O)C(O)CCCCCCCCCCCCCC. The van der Waals surface area contributed by atoms with E-state index in [1.54, 1.807) is 0 Å². The van der Waals surface area contributed by atoms with Gasteiger partial charge >= 0.3 is 0 Å². The summed E-state index contributed by atoms with van der Waals surface area (Å²) in [6.07, 6.45) is 73.4. The van der Waals surface area contributed by atoms with Gasteiger partial charge in [0.05, 0.1) is 25.4 Å². The lowest BCUT2D eigenvalue weighted by atomic mass is 9.99. The zero-order valence-electron chi connectivity index (χ0n) is 46.5. The number of carbonyl (C=O) groups excluding carboxylic acids is 1. The first-order valence-corrected chi connectivity index (χ1v) is 29.4. The highest BCUT2D eigenvalue weighted by atomic mass is 16.7. The number of amides is 1. The van der Waals surface area contributed by atoms with Gasteiger partial charge in [-0.05, 0) is 96.3 Å². The topological polar surface area (TPSA) is 149 Å². The molecule has 7 unspecified atom stereocenters. The number of nitrogens with one attached hydrogen (secondary N) is 1. The van der Waals surface area contributed by atoms with Gasteiger partial charge in [-0.25, -0.2) is 0 Å². The first-order chi connectivity index (χ1) is 36.3. The number of rotatable bonds is 48. The molecule has 420 valence electrons. The molecule has 74 heavy (non-hydrogen) atoms. The Morgan fingerprint density at radius 3 is 1.24 bits per heavy atom. The van der Waals surface area contributed by atoms with E-state index in [1.807, 2.05) is 0 Å². The van der Waals surface area contributed by atoms with Crippen LogP contribution in [0.4, 0.5) is 0 Å². The van der Waals surface area contributed by atoms with Crippen molar-refractivity contribution in [3.05, 3.63) is 134 Å². The first kappa shape index (κ1) is 68.3. The fourth-order valence-electron chi connectivity index (χ4n) is 8.40. The molecule has 1 aliphatic heterocycles. The third-order valence-electron chi connectivity index (χ3n) is 13.0. The lowest BCUT2D eigenvalue weighted by molar-refractivity contribution is -0.302. The van der Waals surface area contributed by atoms with Gasteiger partial charge in [-0.1, -0.05) is 244 Å². The molecule has 9 nitrogen and oxygen atoms in total. The molecule has 1 heterocycles. The van der Waals surface area contributed by atoms with E-state index in [9.17, 15) is 30.3 Å². The number of aliphatic hydroxyl groups excluding tert-OH is 5. The van der Waals surface area contributed by atoms with Gasteiger partial charge in [-0.2, -0.15) is 0 Å². The van der Waals surface area contributed by atoms with E-state index in [2.05, 4.69) is 153 Å². The molecule has 0 aromatic rings. The summed E-state index contributed by atoms with van der Waals surface area (Å²) in [6, 6.07) is -0.738. The Bertz CT molecular complexity index is 1620. The fourth-order valence-corrected chi connectivity index (χ4v) is 8.40. The van der Waals surface area contributed by atoms with Gasteiger partial charge in [-0.15, -0.1) is 0 Å². The van der Waals surface area contributed by atoms with Gasteiger partial charge in [0.1, 0.15) is 24.4 Å². The average Bonchev–Trinajstić information content (AvgIpc) is 3.40. The van der Waals surface area contributed by atoms with Gasteiger partial charge in [0.2, 0.25) is 5.91 Å². The summed E-state index contributed by atoms with van der Waals surface area (Å²) in [5.74, 6) is -0.170. The molecule has 1 fully saturated rings. The summed E-state index contributed by atoms with van der Waals surface area (Å²) < 4.78 is 11.3. The molecule has 0 saturated carbocycles. The minimum Gasteiger partial charge on any atom is -0.394 e. The van der Waals surface area contributed by atoms with E-state index in [4.69, 9.17) is 9.47 Å². The Morgan fingerprint density at radius 2 is 0.838 bits per heavy atom.